The van der Waals surface area contributed by atoms with E-state index in [-0.39, 0.29) is 5.91 Å². The summed E-state index contributed by atoms with van der Waals surface area (Å²) < 4.78 is 0. The van der Waals surface area contributed by atoms with E-state index in [9.17, 15) is 10.1 Å². The second-order valence-electron chi connectivity index (χ2n) is 5.45. The van der Waals surface area contributed by atoms with E-state index in [0.717, 1.165) is 18.5 Å². The predicted molar refractivity (Wildman–Crippen MR) is 84.7 cm³/mol. The minimum Gasteiger partial charge on any atom is -0.342 e. The van der Waals surface area contributed by atoms with Crippen LogP contribution in [0.5, 0.6) is 0 Å². The molecule has 0 bridgehead atoms. The number of nitrogens with zero attached hydrogens (tertiary/aromatic N) is 3. The van der Waals surface area contributed by atoms with Crippen molar-refractivity contribution in [3.05, 3.63) is 35.9 Å². The molecule has 1 rings (SSSR count). The van der Waals surface area contributed by atoms with Gasteiger partial charge in [-0.05, 0) is 46.0 Å². The zero-order chi connectivity index (χ0) is 15.7. The molecule has 1 aromatic carbocycles. The van der Waals surface area contributed by atoms with Crippen LogP contribution in [-0.4, -0.2) is 49.4 Å². The van der Waals surface area contributed by atoms with Gasteiger partial charge in [0.1, 0.15) is 5.92 Å². The average molecular weight is 287 g/mol. The molecule has 1 atom stereocenters. The molecule has 1 amide bonds. The first kappa shape index (κ1) is 17.2. The number of carbonyl (C=O) groups excluding carboxylic acids is 1. The van der Waals surface area contributed by atoms with Gasteiger partial charge in [-0.15, -0.1) is 0 Å². The molecule has 21 heavy (non-hydrogen) atoms. The molecule has 4 heteroatoms. The van der Waals surface area contributed by atoms with Crippen molar-refractivity contribution < 1.29 is 4.79 Å². The topological polar surface area (TPSA) is 47.3 Å². The lowest BCUT2D eigenvalue weighted by Gasteiger charge is -2.24. The Morgan fingerprint density at radius 3 is 2.43 bits per heavy atom. The van der Waals surface area contributed by atoms with Crippen molar-refractivity contribution in [2.24, 2.45) is 5.92 Å². The molecule has 0 spiro atoms. The van der Waals surface area contributed by atoms with E-state index in [1.54, 1.807) is 4.90 Å². The van der Waals surface area contributed by atoms with Gasteiger partial charge in [-0.25, -0.2) is 0 Å². The maximum Gasteiger partial charge on any atom is 0.240 e. The lowest BCUT2D eigenvalue weighted by atomic mass is 9.99. The molecule has 0 saturated heterocycles. The Morgan fingerprint density at radius 1 is 1.24 bits per heavy atom. The second-order valence-corrected chi connectivity index (χ2v) is 5.45. The molecule has 1 aromatic rings. The number of rotatable bonds is 8. The number of nitriles is 1. The number of hydrogen-bond acceptors (Lipinski definition) is 3. The fourth-order valence-electron chi connectivity index (χ4n) is 2.26. The fraction of sp³-hybridized carbons (Fsp3) is 0.529. The standard InChI is InChI=1S/C17H25N3O/c1-4-20(12-8-11-19(2)3)17(21)16(14-18)13-15-9-6-5-7-10-15/h5-7,9-10,16H,4,8,11-13H2,1-3H3. The fourth-order valence-corrected chi connectivity index (χ4v) is 2.26. The first-order valence-corrected chi connectivity index (χ1v) is 7.45. The van der Waals surface area contributed by atoms with Gasteiger partial charge in [0.2, 0.25) is 5.91 Å². The molecular weight excluding hydrogens is 262 g/mol. The summed E-state index contributed by atoms with van der Waals surface area (Å²) in [5, 5.41) is 9.31. The van der Waals surface area contributed by atoms with Crippen LogP contribution in [0.2, 0.25) is 0 Å². The predicted octanol–water partition coefficient (Wildman–Crippen LogP) is 2.17. The minimum absolute atomic E-state index is 0.0531. The van der Waals surface area contributed by atoms with Gasteiger partial charge in [0.15, 0.2) is 0 Å². The van der Waals surface area contributed by atoms with E-state index < -0.39 is 5.92 Å². The molecule has 114 valence electrons. The van der Waals surface area contributed by atoms with Crippen molar-refractivity contribution in [2.75, 3.05) is 33.7 Å². The van der Waals surface area contributed by atoms with Crippen LogP contribution in [0.15, 0.2) is 30.3 Å². The maximum atomic E-state index is 12.5. The summed E-state index contributed by atoms with van der Waals surface area (Å²) in [6, 6.07) is 11.9. The first-order valence-electron chi connectivity index (χ1n) is 7.45. The normalized spacial score (nSPS) is 12.0. The van der Waals surface area contributed by atoms with Crippen LogP contribution in [-0.2, 0) is 11.2 Å². The van der Waals surface area contributed by atoms with Crippen LogP contribution in [0.1, 0.15) is 18.9 Å². The van der Waals surface area contributed by atoms with Gasteiger partial charge >= 0.3 is 0 Å². The van der Waals surface area contributed by atoms with Gasteiger partial charge in [-0.2, -0.15) is 5.26 Å². The van der Waals surface area contributed by atoms with Crippen molar-refractivity contribution >= 4 is 5.91 Å². The Hall–Kier alpha value is -1.86. The number of carbonyl (C=O) groups is 1. The molecule has 0 radical (unpaired) electrons. The molecule has 0 aliphatic carbocycles. The van der Waals surface area contributed by atoms with Gasteiger partial charge in [0.25, 0.3) is 0 Å². The summed E-state index contributed by atoms with van der Waals surface area (Å²) in [6.07, 6.45) is 1.41. The van der Waals surface area contributed by atoms with Gasteiger partial charge in [-0.3, -0.25) is 4.79 Å². The average Bonchev–Trinajstić information content (AvgIpc) is 2.49. The van der Waals surface area contributed by atoms with E-state index >= 15 is 0 Å². The Morgan fingerprint density at radius 2 is 1.90 bits per heavy atom. The van der Waals surface area contributed by atoms with Gasteiger partial charge in [0, 0.05) is 13.1 Å². The molecule has 0 aliphatic rings. The van der Waals surface area contributed by atoms with Crippen LogP contribution >= 0.6 is 0 Å². The van der Waals surface area contributed by atoms with E-state index in [4.69, 9.17) is 0 Å². The van der Waals surface area contributed by atoms with E-state index in [0.29, 0.717) is 19.5 Å². The third kappa shape index (κ3) is 5.97. The van der Waals surface area contributed by atoms with E-state index in [1.165, 1.54) is 0 Å². The molecule has 4 nitrogen and oxygen atoms in total. The summed E-state index contributed by atoms with van der Waals surface area (Å²) >= 11 is 0. The molecule has 0 saturated carbocycles. The highest BCUT2D eigenvalue weighted by molar-refractivity contribution is 5.81. The first-order chi connectivity index (χ1) is 10.1. The Balaban J connectivity index is 2.61. The Labute approximate surface area is 128 Å². The monoisotopic (exact) mass is 287 g/mol. The van der Waals surface area contributed by atoms with E-state index in [1.807, 2.05) is 51.4 Å². The molecule has 0 aromatic heterocycles. The van der Waals surface area contributed by atoms with Crippen LogP contribution in [0.4, 0.5) is 0 Å². The molecule has 0 fully saturated rings. The summed E-state index contributed by atoms with van der Waals surface area (Å²) in [7, 11) is 4.04. The summed E-state index contributed by atoms with van der Waals surface area (Å²) in [4.78, 5) is 16.4. The van der Waals surface area contributed by atoms with E-state index in [2.05, 4.69) is 11.0 Å². The van der Waals surface area contributed by atoms with Crippen molar-refractivity contribution in [2.45, 2.75) is 19.8 Å². The third-order valence-electron chi connectivity index (χ3n) is 3.46. The smallest absolute Gasteiger partial charge is 0.240 e. The van der Waals surface area contributed by atoms with Gasteiger partial charge < -0.3 is 9.80 Å². The SMILES string of the molecule is CCN(CCCN(C)C)C(=O)C(C#N)Cc1ccccc1. The van der Waals surface area contributed by atoms with Crippen LogP contribution < -0.4 is 0 Å². The highest BCUT2D eigenvalue weighted by atomic mass is 16.2. The lowest BCUT2D eigenvalue weighted by molar-refractivity contribution is -0.133. The second kappa shape index (κ2) is 9.15. The lowest BCUT2D eigenvalue weighted by Crippen LogP contribution is -2.38. The minimum atomic E-state index is -0.591. The number of amides is 1. The summed E-state index contributed by atoms with van der Waals surface area (Å²) in [5.74, 6) is -0.644. The van der Waals surface area contributed by atoms with Crippen LogP contribution in [0, 0.1) is 17.2 Å². The highest BCUT2D eigenvalue weighted by Gasteiger charge is 2.23. The zero-order valence-corrected chi connectivity index (χ0v) is 13.2. The van der Waals surface area contributed by atoms with Crippen LogP contribution in [0.3, 0.4) is 0 Å². The van der Waals surface area contributed by atoms with Crippen LogP contribution in [0.25, 0.3) is 0 Å². The van der Waals surface area contributed by atoms with Crippen molar-refractivity contribution in [3.63, 3.8) is 0 Å². The quantitative estimate of drug-likeness (QED) is 0.736. The number of benzene rings is 1. The molecule has 1 unspecified atom stereocenters. The largest absolute Gasteiger partial charge is 0.342 e. The van der Waals surface area contributed by atoms with Gasteiger partial charge in [0.05, 0.1) is 6.07 Å². The molecule has 0 N–H and O–H groups in total. The van der Waals surface area contributed by atoms with Gasteiger partial charge in [-0.1, -0.05) is 30.3 Å². The van der Waals surface area contributed by atoms with Crippen molar-refractivity contribution in [1.82, 2.24) is 9.80 Å². The maximum absolute atomic E-state index is 12.5. The summed E-state index contributed by atoms with van der Waals surface area (Å²) in [6.45, 7) is 4.27. The Bertz CT molecular complexity index is 465. The van der Waals surface area contributed by atoms with Crippen molar-refractivity contribution in [3.8, 4) is 6.07 Å². The summed E-state index contributed by atoms with van der Waals surface area (Å²) in [5.41, 5.74) is 1.03. The molecular formula is C17H25N3O. The molecule has 0 heterocycles. The third-order valence-corrected chi connectivity index (χ3v) is 3.46. The molecule has 0 aliphatic heterocycles. The zero-order valence-electron chi connectivity index (χ0n) is 13.2. The number of hydrogen-bond donors (Lipinski definition) is 0. The highest BCUT2D eigenvalue weighted by Crippen LogP contribution is 2.11. The Kier molecular flexibility index (Phi) is 7.49. The van der Waals surface area contributed by atoms with Crippen molar-refractivity contribution in [1.29, 1.82) is 5.26 Å².